The lowest BCUT2D eigenvalue weighted by Gasteiger charge is -2.17. The molecule has 0 saturated carbocycles. The number of carbonyl (C=O) groups is 1. The molecule has 0 saturated heterocycles. The van der Waals surface area contributed by atoms with Crippen LogP contribution in [0.25, 0.3) is 10.2 Å². The number of rotatable bonds is 6. The van der Waals surface area contributed by atoms with E-state index < -0.39 is 0 Å². The van der Waals surface area contributed by atoms with Gasteiger partial charge in [0.2, 0.25) is 5.91 Å². The fraction of sp³-hybridized carbons (Fsp3) is 0.235. The van der Waals surface area contributed by atoms with Crippen LogP contribution < -0.4 is 5.32 Å². The molecule has 2 aromatic heterocycles. The summed E-state index contributed by atoms with van der Waals surface area (Å²) in [5, 5.41) is 6.60. The first-order valence-corrected chi connectivity index (χ1v) is 9.77. The van der Waals surface area contributed by atoms with Crippen molar-refractivity contribution < 1.29 is 4.79 Å². The Kier molecular flexibility index (Phi) is 5.71. The molecule has 3 aromatic rings. The monoisotopic (exact) mass is 377 g/mol. The van der Waals surface area contributed by atoms with Gasteiger partial charge in [0.1, 0.15) is 11.4 Å². The van der Waals surface area contributed by atoms with Gasteiger partial charge in [0.25, 0.3) is 0 Å². The summed E-state index contributed by atoms with van der Waals surface area (Å²) in [4.78, 5) is 20.8. The number of hydrogen-bond acceptors (Lipinski definition) is 5. The molecule has 0 aliphatic carbocycles. The predicted molar refractivity (Wildman–Crippen MR) is 101 cm³/mol. The summed E-state index contributed by atoms with van der Waals surface area (Å²) < 4.78 is 1.03. The zero-order valence-electron chi connectivity index (χ0n) is 13.0. The van der Waals surface area contributed by atoms with Crippen LogP contribution in [-0.2, 0) is 4.79 Å². The van der Waals surface area contributed by atoms with E-state index in [0.717, 1.165) is 27.2 Å². The van der Waals surface area contributed by atoms with Gasteiger partial charge < -0.3 is 5.32 Å². The van der Waals surface area contributed by atoms with Gasteiger partial charge in [-0.1, -0.05) is 42.4 Å². The van der Waals surface area contributed by atoms with Gasteiger partial charge in [-0.25, -0.2) is 9.97 Å². The van der Waals surface area contributed by atoms with Gasteiger partial charge in [-0.05, 0) is 35.6 Å². The number of fused-ring (bicyclic) bond motifs is 1. The maximum atomic E-state index is 12.3. The minimum absolute atomic E-state index is 0.00915. The van der Waals surface area contributed by atoms with E-state index in [2.05, 4.69) is 15.3 Å². The highest BCUT2D eigenvalue weighted by Gasteiger charge is 2.14. The summed E-state index contributed by atoms with van der Waals surface area (Å²) >= 11 is 8.95. The molecule has 2 heterocycles. The summed E-state index contributed by atoms with van der Waals surface area (Å²) in [6.45, 7) is 2.05. The van der Waals surface area contributed by atoms with Crippen LogP contribution in [0, 0.1) is 0 Å². The molecule has 0 aliphatic rings. The predicted octanol–water partition coefficient (Wildman–Crippen LogP) is 4.70. The lowest BCUT2D eigenvalue weighted by Crippen LogP contribution is -2.29. The highest BCUT2D eigenvalue weighted by atomic mass is 35.5. The maximum Gasteiger partial charge on any atom is 0.230 e. The Bertz CT molecular complexity index is 835. The molecule has 1 atom stereocenters. The normalized spacial score (nSPS) is 12.2. The lowest BCUT2D eigenvalue weighted by atomic mass is 10.0. The van der Waals surface area contributed by atoms with E-state index in [1.807, 2.05) is 42.6 Å². The van der Waals surface area contributed by atoms with Crippen LogP contribution in [0.2, 0.25) is 5.02 Å². The van der Waals surface area contributed by atoms with Crippen molar-refractivity contribution in [2.45, 2.75) is 24.4 Å². The molecule has 1 amide bonds. The molecule has 3 rings (SSSR count). The van der Waals surface area contributed by atoms with Crippen molar-refractivity contribution in [2.75, 3.05) is 5.75 Å². The highest BCUT2D eigenvalue weighted by molar-refractivity contribution is 8.00. The molecule has 124 valence electrons. The van der Waals surface area contributed by atoms with Crippen LogP contribution >= 0.6 is 34.7 Å². The summed E-state index contributed by atoms with van der Waals surface area (Å²) in [5.41, 5.74) is 1.98. The number of carbonyl (C=O) groups excluding carboxylic acids is 1. The van der Waals surface area contributed by atoms with Gasteiger partial charge in [0.15, 0.2) is 0 Å². The van der Waals surface area contributed by atoms with Crippen LogP contribution in [0.3, 0.4) is 0 Å². The van der Waals surface area contributed by atoms with E-state index in [0.29, 0.717) is 10.8 Å². The maximum absolute atomic E-state index is 12.3. The molecule has 0 spiro atoms. The van der Waals surface area contributed by atoms with Crippen molar-refractivity contribution in [3.05, 3.63) is 52.6 Å². The molecule has 0 fully saturated rings. The second kappa shape index (κ2) is 7.96. The largest absolute Gasteiger partial charge is 0.349 e. The summed E-state index contributed by atoms with van der Waals surface area (Å²) in [6, 6.07) is 9.53. The van der Waals surface area contributed by atoms with Gasteiger partial charge in [0, 0.05) is 5.02 Å². The topological polar surface area (TPSA) is 54.9 Å². The molecule has 7 heteroatoms. The van der Waals surface area contributed by atoms with Gasteiger partial charge in [-0.3, -0.25) is 4.79 Å². The number of aromatic nitrogens is 2. The number of halogens is 1. The van der Waals surface area contributed by atoms with E-state index in [1.54, 1.807) is 11.3 Å². The van der Waals surface area contributed by atoms with Crippen LogP contribution in [0.4, 0.5) is 0 Å². The number of nitrogens with one attached hydrogen (secondary N) is 1. The molecule has 4 nitrogen and oxygen atoms in total. The molecular formula is C17H16ClN3OS2. The zero-order chi connectivity index (χ0) is 16.9. The Morgan fingerprint density at radius 3 is 2.83 bits per heavy atom. The third-order valence-electron chi connectivity index (χ3n) is 3.57. The zero-order valence-corrected chi connectivity index (χ0v) is 15.4. The SMILES string of the molecule is CCC(NC(=O)CSc1ncnc2ccsc12)c1ccc(Cl)cc1. The van der Waals surface area contributed by atoms with Gasteiger partial charge in [-0.15, -0.1) is 11.3 Å². The second-order valence-corrected chi connectivity index (χ2v) is 7.50. The summed E-state index contributed by atoms with van der Waals surface area (Å²) in [5.74, 6) is 0.318. The summed E-state index contributed by atoms with van der Waals surface area (Å²) in [7, 11) is 0. The van der Waals surface area contributed by atoms with Gasteiger partial charge >= 0.3 is 0 Å². The van der Waals surface area contributed by atoms with Gasteiger partial charge in [-0.2, -0.15) is 0 Å². The first kappa shape index (κ1) is 17.2. The molecule has 0 aliphatic heterocycles. The molecule has 0 bridgehead atoms. The minimum atomic E-state index is -0.0116. The summed E-state index contributed by atoms with van der Waals surface area (Å²) in [6.07, 6.45) is 2.36. The molecule has 24 heavy (non-hydrogen) atoms. The molecule has 0 radical (unpaired) electrons. The Morgan fingerprint density at radius 2 is 2.08 bits per heavy atom. The standard InChI is InChI=1S/C17H16ClN3OS2/c1-2-13(11-3-5-12(18)6-4-11)21-15(22)9-24-17-16-14(7-8-23-16)19-10-20-17/h3-8,10,13H,2,9H2,1H3,(H,21,22). The quantitative estimate of drug-likeness (QED) is 0.499. The van der Waals surface area contributed by atoms with Crippen molar-refractivity contribution in [1.29, 1.82) is 0 Å². The Balaban J connectivity index is 1.62. The average molecular weight is 378 g/mol. The second-order valence-electron chi connectivity index (χ2n) is 5.18. The van der Waals surface area contributed by atoms with Crippen molar-refractivity contribution in [3.63, 3.8) is 0 Å². The van der Waals surface area contributed by atoms with E-state index in [9.17, 15) is 4.79 Å². The van der Waals surface area contributed by atoms with Crippen LogP contribution in [0.5, 0.6) is 0 Å². The molecule has 1 aromatic carbocycles. The number of thiophene rings is 1. The van der Waals surface area contributed by atoms with Crippen molar-refractivity contribution in [3.8, 4) is 0 Å². The third kappa shape index (κ3) is 4.06. The van der Waals surface area contributed by atoms with Crippen LogP contribution in [-0.4, -0.2) is 21.6 Å². The van der Waals surface area contributed by atoms with E-state index in [-0.39, 0.29) is 11.9 Å². The minimum Gasteiger partial charge on any atom is -0.349 e. The van der Waals surface area contributed by atoms with E-state index in [4.69, 9.17) is 11.6 Å². The van der Waals surface area contributed by atoms with Crippen molar-refractivity contribution in [1.82, 2.24) is 15.3 Å². The van der Waals surface area contributed by atoms with Gasteiger partial charge in [0.05, 0.1) is 22.0 Å². The molecule has 1 unspecified atom stereocenters. The third-order valence-corrected chi connectivity index (χ3v) is 5.85. The Labute approximate surface area is 153 Å². The average Bonchev–Trinajstić information content (AvgIpc) is 3.08. The first-order chi connectivity index (χ1) is 11.7. The van der Waals surface area contributed by atoms with E-state index >= 15 is 0 Å². The van der Waals surface area contributed by atoms with Crippen molar-refractivity contribution >= 4 is 50.8 Å². The number of benzene rings is 1. The van der Waals surface area contributed by atoms with Crippen LogP contribution in [0.15, 0.2) is 47.1 Å². The first-order valence-electron chi connectivity index (χ1n) is 7.53. The lowest BCUT2D eigenvalue weighted by molar-refractivity contribution is -0.119. The van der Waals surface area contributed by atoms with Crippen molar-refractivity contribution in [2.24, 2.45) is 0 Å². The molecule has 1 N–H and O–H groups in total. The number of thioether (sulfide) groups is 1. The number of nitrogens with zero attached hydrogens (tertiary/aromatic N) is 2. The highest BCUT2D eigenvalue weighted by Crippen LogP contribution is 2.28. The number of amides is 1. The Hall–Kier alpha value is -1.63. The smallest absolute Gasteiger partial charge is 0.230 e. The number of hydrogen-bond donors (Lipinski definition) is 1. The van der Waals surface area contributed by atoms with E-state index in [1.165, 1.54) is 18.1 Å². The van der Waals surface area contributed by atoms with Crippen LogP contribution in [0.1, 0.15) is 24.9 Å². The fourth-order valence-corrected chi connectivity index (χ4v) is 4.24. The fourth-order valence-electron chi connectivity index (χ4n) is 2.36. The molecular weight excluding hydrogens is 362 g/mol. The Morgan fingerprint density at radius 1 is 1.29 bits per heavy atom.